The molecule has 1 aromatic carbocycles. The lowest BCUT2D eigenvalue weighted by Crippen LogP contribution is -2.21. The Labute approximate surface area is 98.7 Å². The van der Waals surface area contributed by atoms with Crippen molar-refractivity contribution >= 4 is 5.91 Å². The van der Waals surface area contributed by atoms with Gasteiger partial charge in [-0.2, -0.15) is 0 Å². The zero-order valence-electron chi connectivity index (χ0n) is 9.36. The maximum atomic E-state index is 13.4. The zero-order chi connectivity index (χ0) is 12.4. The molecule has 2 unspecified atom stereocenters. The van der Waals surface area contributed by atoms with Crippen LogP contribution in [0, 0.1) is 5.82 Å². The minimum absolute atomic E-state index is 0.0649. The van der Waals surface area contributed by atoms with E-state index in [1.807, 2.05) is 0 Å². The first-order chi connectivity index (χ1) is 8.08. The summed E-state index contributed by atoms with van der Waals surface area (Å²) < 4.78 is 19.0. The second-order valence-electron chi connectivity index (χ2n) is 4.29. The van der Waals surface area contributed by atoms with E-state index in [0.717, 1.165) is 12.8 Å². The molecule has 2 rings (SSSR count). The van der Waals surface area contributed by atoms with E-state index >= 15 is 0 Å². The summed E-state index contributed by atoms with van der Waals surface area (Å²) in [5, 5.41) is 0. The lowest BCUT2D eigenvalue weighted by molar-refractivity contribution is 0.0988. The first-order valence-corrected chi connectivity index (χ1v) is 5.58. The van der Waals surface area contributed by atoms with Crippen LogP contribution in [0.3, 0.4) is 0 Å². The first kappa shape index (κ1) is 11.9. The normalized spacial score (nSPS) is 23.6. The van der Waals surface area contributed by atoms with Gasteiger partial charge >= 0.3 is 0 Å². The summed E-state index contributed by atoms with van der Waals surface area (Å²) in [5.41, 5.74) is 10.7. The van der Waals surface area contributed by atoms with Gasteiger partial charge < -0.3 is 16.2 Å². The monoisotopic (exact) mass is 238 g/mol. The average Bonchev–Trinajstić information content (AvgIpc) is 2.63. The van der Waals surface area contributed by atoms with Gasteiger partial charge in [-0.1, -0.05) is 6.07 Å². The van der Waals surface area contributed by atoms with E-state index in [-0.39, 0.29) is 23.5 Å². The molecule has 2 atom stereocenters. The van der Waals surface area contributed by atoms with E-state index in [9.17, 15) is 9.18 Å². The first-order valence-electron chi connectivity index (χ1n) is 5.58. The van der Waals surface area contributed by atoms with Gasteiger partial charge in [0.2, 0.25) is 0 Å². The van der Waals surface area contributed by atoms with Gasteiger partial charge in [-0.05, 0) is 31.4 Å². The quantitative estimate of drug-likeness (QED) is 0.830. The standard InChI is InChI=1S/C12H15FN2O2/c13-9-2-1-3-10(11(9)12(15)16)17-8-5-4-7(14)6-8/h1-3,7-8H,4-6,14H2,(H2,15,16). The topological polar surface area (TPSA) is 78.3 Å². The third kappa shape index (κ3) is 2.55. The van der Waals surface area contributed by atoms with E-state index in [2.05, 4.69) is 0 Å². The highest BCUT2D eigenvalue weighted by molar-refractivity contribution is 5.95. The second-order valence-corrected chi connectivity index (χ2v) is 4.29. The van der Waals surface area contributed by atoms with E-state index in [1.165, 1.54) is 12.1 Å². The van der Waals surface area contributed by atoms with Crippen molar-refractivity contribution in [1.29, 1.82) is 0 Å². The van der Waals surface area contributed by atoms with Crippen molar-refractivity contribution in [2.45, 2.75) is 31.4 Å². The van der Waals surface area contributed by atoms with Crippen LogP contribution >= 0.6 is 0 Å². The predicted octanol–water partition coefficient (Wildman–Crippen LogP) is 1.18. The summed E-state index contributed by atoms with van der Waals surface area (Å²) in [7, 11) is 0. The number of ether oxygens (including phenoxy) is 1. The molecule has 1 aliphatic carbocycles. The minimum Gasteiger partial charge on any atom is -0.489 e. The second kappa shape index (κ2) is 4.71. The molecule has 17 heavy (non-hydrogen) atoms. The highest BCUT2D eigenvalue weighted by Gasteiger charge is 2.25. The van der Waals surface area contributed by atoms with Gasteiger partial charge in [-0.15, -0.1) is 0 Å². The lowest BCUT2D eigenvalue weighted by Gasteiger charge is -2.15. The van der Waals surface area contributed by atoms with Crippen LogP contribution in [0.5, 0.6) is 5.75 Å². The number of primary amides is 1. The number of halogens is 1. The fourth-order valence-electron chi connectivity index (χ4n) is 2.10. The number of nitrogens with two attached hydrogens (primary N) is 2. The number of carbonyl (C=O) groups is 1. The highest BCUT2D eigenvalue weighted by Crippen LogP contribution is 2.27. The number of benzene rings is 1. The molecule has 0 aliphatic heterocycles. The molecule has 92 valence electrons. The summed E-state index contributed by atoms with van der Waals surface area (Å²) in [6.07, 6.45) is 2.35. The van der Waals surface area contributed by atoms with Crippen LogP contribution in [0.2, 0.25) is 0 Å². The average molecular weight is 238 g/mol. The number of hydrogen-bond acceptors (Lipinski definition) is 3. The van der Waals surface area contributed by atoms with Crippen LogP contribution in [-0.2, 0) is 0 Å². The molecule has 0 radical (unpaired) electrons. The van der Waals surface area contributed by atoms with Crippen molar-refractivity contribution in [2.24, 2.45) is 11.5 Å². The molecule has 4 N–H and O–H groups in total. The molecular formula is C12H15FN2O2. The van der Waals surface area contributed by atoms with Crippen LogP contribution < -0.4 is 16.2 Å². The van der Waals surface area contributed by atoms with Crippen LogP contribution in [-0.4, -0.2) is 18.1 Å². The molecule has 5 heteroatoms. The Hall–Kier alpha value is -1.62. The van der Waals surface area contributed by atoms with Crippen molar-refractivity contribution in [3.05, 3.63) is 29.6 Å². The van der Waals surface area contributed by atoms with Crippen molar-refractivity contribution in [3.63, 3.8) is 0 Å². The molecule has 1 fully saturated rings. The van der Waals surface area contributed by atoms with E-state index in [1.54, 1.807) is 6.07 Å². The van der Waals surface area contributed by atoms with E-state index in [4.69, 9.17) is 16.2 Å². The summed E-state index contributed by atoms with van der Waals surface area (Å²) in [4.78, 5) is 11.2. The molecule has 4 nitrogen and oxygen atoms in total. The summed E-state index contributed by atoms with van der Waals surface area (Å²) >= 11 is 0. The predicted molar refractivity (Wildman–Crippen MR) is 61.2 cm³/mol. The van der Waals surface area contributed by atoms with Crippen molar-refractivity contribution in [3.8, 4) is 5.75 Å². The Morgan fingerprint density at radius 2 is 2.18 bits per heavy atom. The number of carbonyl (C=O) groups excluding carboxylic acids is 1. The van der Waals surface area contributed by atoms with Gasteiger partial charge in [-0.3, -0.25) is 4.79 Å². The van der Waals surface area contributed by atoms with Crippen molar-refractivity contribution in [2.75, 3.05) is 0 Å². The summed E-state index contributed by atoms with van der Waals surface area (Å²) in [5.74, 6) is -1.27. The Kier molecular flexibility index (Phi) is 3.28. The lowest BCUT2D eigenvalue weighted by atomic mass is 10.1. The molecule has 1 amide bonds. The van der Waals surface area contributed by atoms with Crippen molar-refractivity contribution < 1.29 is 13.9 Å². The smallest absolute Gasteiger partial charge is 0.255 e. The van der Waals surface area contributed by atoms with Gasteiger partial charge in [0.25, 0.3) is 5.91 Å². The van der Waals surface area contributed by atoms with Crippen LogP contribution in [0.1, 0.15) is 29.6 Å². The maximum Gasteiger partial charge on any atom is 0.255 e. The van der Waals surface area contributed by atoms with E-state index < -0.39 is 11.7 Å². The van der Waals surface area contributed by atoms with Gasteiger partial charge in [0.05, 0.1) is 0 Å². The van der Waals surface area contributed by atoms with Crippen LogP contribution in [0.15, 0.2) is 18.2 Å². The third-order valence-corrected chi connectivity index (χ3v) is 2.94. The number of hydrogen-bond donors (Lipinski definition) is 2. The van der Waals surface area contributed by atoms with Crippen LogP contribution in [0.4, 0.5) is 4.39 Å². The molecule has 0 bridgehead atoms. The van der Waals surface area contributed by atoms with Gasteiger partial charge in [0, 0.05) is 6.04 Å². The summed E-state index contributed by atoms with van der Waals surface area (Å²) in [6.45, 7) is 0. The Bertz CT molecular complexity index is 437. The zero-order valence-corrected chi connectivity index (χ0v) is 9.36. The fraction of sp³-hybridized carbons (Fsp3) is 0.417. The van der Waals surface area contributed by atoms with Crippen LogP contribution in [0.25, 0.3) is 0 Å². The van der Waals surface area contributed by atoms with Crippen molar-refractivity contribution in [1.82, 2.24) is 0 Å². The molecule has 1 aliphatic rings. The molecule has 1 saturated carbocycles. The fourth-order valence-corrected chi connectivity index (χ4v) is 2.10. The summed E-state index contributed by atoms with van der Waals surface area (Å²) in [6, 6.07) is 4.34. The Balaban J connectivity index is 2.20. The SMILES string of the molecule is NC(=O)c1c(F)cccc1OC1CCC(N)C1. The Morgan fingerprint density at radius 3 is 2.76 bits per heavy atom. The molecular weight excluding hydrogens is 223 g/mol. The maximum absolute atomic E-state index is 13.4. The highest BCUT2D eigenvalue weighted by atomic mass is 19.1. The molecule has 1 aromatic rings. The molecule has 0 saturated heterocycles. The third-order valence-electron chi connectivity index (χ3n) is 2.94. The van der Waals surface area contributed by atoms with Gasteiger partial charge in [0.1, 0.15) is 23.2 Å². The molecule has 0 heterocycles. The van der Waals surface area contributed by atoms with Gasteiger partial charge in [-0.25, -0.2) is 4.39 Å². The number of rotatable bonds is 3. The molecule has 0 aromatic heterocycles. The molecule has 0 spiro atoms. The number of amides is 1. The largest absolute Gasteiger partial charge is 0.489 e. The Morgan fingerprint density at radius 1 is 1.41 bits per heavy atom. The van der Waals surface area contributed by atoms with E-state index in [0.29, 0.717) is 6.42 Å². The van der Waals surface area contributed by atoms with Gasteiger partial charge in [0.15, 0.2) is 0 Å². The minimum atomic E-state index is -0.819.